The van der Waals surface area contributed by atoms with Gasteiger partial charge in [-0.3, -0.25) is 9.36 Å². The SMILES string of the molecule is COc1ccc(SP(=O)(O[C@H](C)[C@H](NC(=O)OC(C)(C)C)C(=O)N2CCC[C@H]2C(=O)O)Sc2ccc(OC)cc2)cc1. The van der Waals surface area contributed by atoms with Crippen LogP contribution in [0.5, 0.6) is 11.5 Å². The Morgan fingerprint density at radius 3 is 1.90 bits per heavy atom. The van der Waals surface area contributed by atoms with E-state index in [1.165, 1.54) is 11.8 Å². The maximum absolute atomic E-state index is 14.5. The van der Waals surface area contributed by atoms with Gasteiger partial charge in [0, 0.05) is 16.3 Å². The van der Waals surface area contributed by atoms with Crippen molar-refractivity contribution >= 4 is 46.5 Å². The number of amides is 2. The van der Waals surface area contributed by atoms with E-state index in [0.717, 1.165) is 22.8 Å². The molecule has 230 valence electrons. The lowest BCUT2D eigenvalue weighted by atomic mass is 10.1. The Morgan fingerprint density at radius 1 is 0.976 bits per heavy atom. The van der Waals surface area contributed by atoms with E-state index in [1.54, 1.807) is 83.5 Å². The van der Waals surface area contributed by atoms with E-state index < -0.39 is 47.5 Å². The third kappa shape index (κ3) is 9.58. The quantitative estimate of drug-likeness (QED) is 0.261. The summed E-state index contributed by atoms with van der Waals surface area (Å²) in [4.78, 5) is 40.8. The molecule has 2 aromatic carbocycles. The maximum Gasteiger partial charge on any atom is 0.408 e. The molecular formula is C28H37N2O9PS2. The fraction of sp³-hybridized carbons (Fsp3) is 0.464. The van der Waals surface area contributed by atoms with E-state index in [9.17, 15) is 24.1 Å². The lowest BCUT2D eigenvalue weighted by Gasteiger charge is -2.32. The molecule has 42 heavy (non-hydrogen) atoms. The van der Waals surface area contributed by atoms with Crippen molar-refractivity contribution in [2.45, 2.75) is 74.1 Å². The summed E-state index contributed by atoms with van der Waals surface area (Å²) in [5.41, 5.74) is -0.858. The fourth-order valence-electron chi connectivity index (χ4n) is 4.14. The van der Waals surface area contributed by atoms with Crippen LogP contribution in [0.25, 0.3) is 0 Å². The van der Waals surface area contributed by atoms with E-state index >= 15 is 0 Å². The number of likely N-dealkylation sites (tertiary alicyclic amines) is 1. The Labute approximate surface area is 253 Å². The fourth-order valence-corrected chi connectivity index (χ4v) is 11.2. The maximum atomic E-state index is 14.5. The molecule has 0 aliphatic carbocycles. The minimum absolute atomic E-state index is 0.202. The lowest BCUT2D eigenvalue weighted by Crippen LogP contribution is -2.56. The number of ether oxygens (including phenoxy) is 3. The van der Waals surface area contributed by atoms with Crippen LogP contribution in [-0.2, 0) is 23.4 Å². The highest BCUT2D eigenvalue weighted by Crippen LogP contribution is 2.74. The largest absolute Gasteiger partial charge is 0.497 e. The summed E-state index contributed by atoms with van der Waals surface area (Å²) in [7, 11) is 3.09. The number of methoxy groups -OCH3 is 2. The van der Waals surface area contributed by atoms with Gasteiger partial charge in [0.15, 0.2) is 0 Å². The number of benzene rings is 2. The summed E-state index contributed by atoms with van der Waals surface area (Å²) in [5, 5.41) is 12.2. The molecule has 2 amide bonds. The van der Waals surface area contributed by atoms with Crippen LogP contribution < -0.4 is 14.8 Å². The number of nitrogens with one attached hydrogen (secondary N) is 1. The number of nitrogens with zero attached hydrogens (tertiary/aromatic N) is 1. The third-order valence-corrected chi connectivity index (χ3v) is 12.5. The number of carboxylic acids is 1. The minimum Gasteiger partial charge on any atom is -0.497 e. The Kier molecular flexibility index (Phi) is 11.7. The summed E-state index contributed by atoms with van der Waals surface area (Å²) >= 11 is 1.97. The van der Waals surface area contributed by atoms with Gasteiger partial charge in [0.25, 0.3) is 0 Å². The minimum atomic E-state index is -3.74. The monoisotopic (exact) mass is 640 g/mol. The molecule has 1 aliphatic rings. The van der Waals surface area contributed by atoms with Gasteiger partial charge in [-0.25, -0.2) is 9.59 Å². The van der Waals surface area contributed by atoms with Gasteiger partial charge in [-0.05, 0) is 112 Å². The summed E-state index contributed by atoms with van der Waals surface area (Å²) in [5.74, 6) is -4.29. The molecule has 1 aliphatic heterocycles. The van der Waals surface area contributed by atoms with Crippen molar-refractivity contribution in [3.05, 3.63) is 48.5 Å². The average molecular weight is 641 g/mol. The first-order valence-corrected chi connectivity index (χ1v) is 17.7. The molecule has 0 bridgehead atoms. The van der Waals surface area contributed by atoms with Crippen LogP contribution in [0, 0.1) is 0 Å². The van der Waals surface area contributed by atoms with Crippen molar-refractivity contribution in [3.63, 3.8) is 0 Å². The van der Waals surface area contributed by atoms with E-state index in [4.69, 9.17) is 18.7 Å². The van der Waals surface area contributed by atoms with Gasteiger partial charge in [0.2, 0.25) is 5.91 Å². The zero-order chi connectivity index (χ0) is 31.1. The summed E-state index contributed by atoms with van der Waals surface area (Å²) in [6.07, 6.45) is -1.24. The van der Waals surface area contributed by atoms with Crippen LogP contribution in [0.3, 0.4) is 0 Å². The zero-order valence-corrected chi connectivity index (χ0v) is 26.9. The first-order chi connectivity index (χ1) is 19.7. The van der Waals surface area contributed by atoms with Crippen LogP contribution in [0.15, 0.2) is 58.3 Å². The zero-order valence-electron chi connectivity index (χ0n) is 24.4. The van der Waals surface area contributed by atoms with Crippen molar-refractivity contribution in [2.75, 3.05) is 20.8 Å². The highest BCUT2D eigenvalue weighted by molar-refractivity contribution is 8.89. The Hall–Kier alpha value is -2.86. The molecule has 1 saturated heterocycles. The molecule has 0 radical (unpaired) electrons. The number of aliphatic carboxylic acids is 1. The molecule has 0 aromatic heterocycles. The third-order valence-electron chi connectivity index (χ3n) is 6.08. The second-order valence-corrected chi connectivity index (χ2v) is 17.5. The van der Waals surface area contributed by atoms with Crippen molar-refractivity contribution in [3.8, 4) is 11.5 Å². The number of carboxylic acid groups (broad SMARTS) is 1. The molecule has 0 spiro atoms. The van der Waals surface area contributed by atoms with Gasteiger partial charge < -0.3 is 34.1 Å². The van der Waals surface area contributed by atoms with E-state index in [0.29, 0.717) is 27.7 Å². The number of hydrogen-bond acceptors (Lipinski definition) is 10. The smallest absolute Gasteiger partial charge is 0.408 e. The van der Waals surface area contributed by atoms with Crippen LogP contribution in [0.2, 0.25) is 0 Å². The van der Waals surface area contributed by atoms with Gasteiger partial charge in [-0.15, -0.1) is 0 Å². The van der Waals surface area contributed by atoms with Crippen LogP contribution in [0.1, 0.15) is 40.5 Å². The van der Waals surface area contributed by atoms with E-state index in [2.05, 4.69) is 5.32 Å². The van der Waals surface area contributed by atoms with E-state index in [-0.39, 0.29) is 13.0 Å². The topological polar surface area (TPSA) is 141 Å². The van der Waals surface area contributed by atoms with Gasteiger partial charge >= 0.3 is 17.8 Å². The summed E-state index contributed by atoms with van der Waals surface area (Å²) < 4.78 is 36.5. The molecule has 2 N–H and O–H groups in total. The van der Waals surface area contributed by atoms with Gasteiger partial charge in [0.1, 0.15) is 29.2 Å². The molecule has 1 heterocycles. The average Bonchev–Trinajstić information content (AvgIpc) is 3.41. The van der Waals surface area contributed by atoms with Crippen molar-refractivity contribution < 1.29 is 42.8 Å². The molecule has 14 heteroatoms. The van der Waals surface area contributed by atoms with Gasteiger partial charge in [-0.1, -0.05) is 0 Å². The normalized spacial score (nSPS) is 16.8. The van der Waals surface area contributed by atoms with Gasteiger partial charge in [0.05, 0.1) is 20.3 Å². The number of hydrogen-bond donors (Lipinski definition) is 2. The number of rotatable bonds is 12. The molecule has 1 fully saturated rings. The first-order valence-electron chi connectivity index (χ1n) is 13.2. The number of alkyl carbamates (subject to hydrolysis) is 1. The van der Waals surface area contributed by atoms with E-state index in [1.807, 2.05) is 0 Å². The summed E-state index contributed by atoms with van der Waals surface area (Å²) in [6, 6.07) is 11.4. The summed E-state index contributed by atoms with van der Waals surface area (Å²) in [6.45, 7) is 6.75. The molecule has 3 atom stereocenters. The molecular weight excluding hydrogens is 603 g/mol. The predicted octanol–water partition coefficient (Wildman–Crippen LogP) is 6.07. The van der Waals surface area contributed by atoms with Crippen LogP contribution >= 0.6 is 28.5 Å². The Bertz CT molecular complexity index is 1230. The van der Waals surface area contributed by atoms with Crippen molar-refractivity contribution in [1.29, 1.82) is 0 Å². The lowest BCUT2D eigenvalue weighted by molar-refractivity contribution is -0.149. The molecule has 2 aromatic rings. The molecule has 0 saturated carbocycles. The highest BCUT2D eigenvalue weighted by atomic mass is 33.1. The second-order valence-electron chi connectivity index (χ2n) is 10.4. The number of carbonyl (C=O) groups excluding carboxylic acids is 2. The highest BCUT2D eigenvalue weighted by Gasteiger charge is 2.42. The van der Waals surface area contributed by atoms with Crippen LogP contribution in [-0.4, -0.2) is 72.5 Å². The van der Waals surface area contributed by atoms with Crippen molar-refractivity contribution in [2.24, 2.45) is 0 Å². The molecule has 0 unspecified atom stereocenters. The van der Waals surface area contributed by atoms with Crippen molar-refractivity contribution in [1.82, 2.24) is 10.2 Å². The number of carbonyl (C=O) groups is 3. The Balaban J connectivity index is 1.94. The standard InChI is InChI=1S/C28H37N2O9PS2/c1-18(24(29-27(34)38-28(2,3)4)25(31)30-17-7-8-23(30)26(32)33)39-40(35,41-21-13-9-19(36-5)10-14-21)42-22-15-11-20(37-6)12-16-22/h9-16,18,23-24H,7-8,17H2,1-6H3,(H,29,34)(H,32,33)/t18-,23+,24+/m1/s1. The predicted molar refractivity (Wildman–Crippen MR) is 161 cm³/mol. The Morgan fingerprint density at radius 2 is 1.48 bits per heavy atom. The van der Waals surface area contributed by atoms with Crippen LogP contribution in [0.4, 0.5) is 4.79 Å². The first kappa shape index (κ1) is 33.6. The molecule has 3 rings (SSSR count). The molecule has 11 nitrogen and oxygen atoms in total. The second kappa shape index (κ2) is 14.5. The van der Waals surface area contributed by atoms with Gasteiger partial charge in [-0.2, -0.15) is 0 Å².